The maximum absolute atomic E-state index is 12.4. The molecule has 1 heterocycles. The minimum Gasteiger partial charge on any atom is -0.307 e. The zero-order valence-corrected chi connectivity index (χ0v) is 12.7. The van der Waals surface area contributed by atoms with Crippen LogP contribution in [0.4, 0.5) is 0 Å². The molecule has 0 saturated carbocycles. The summed E-state index contributed by atoms with van der Waals surface area (Å²) in [6.07, 6.45) is 3.07. The third-order valence-electron chi connectivity index (χ3n) is 3.42. The Kier molecular flexibility index (Phi) is 5.19. The van der Waals surface area contributed by atoms with Crippen molar-refractivity contribution >= 4 is 11.6 Å². The van der Waals surface area contributed by atoms with Crippen LogP contribution in [0.15, 0.2) is 41.2 Å². The molecule has 2 aromatic rings. The van der Waals surface area contributed by atoms with Gasteiger partial charge >= 0.3 is 0 Å². The van der Waals surface area contributed by atoms with Crippen molar-refractivity contribution < 1.29 is 0 Å². The minimum atomic E-state index is -0.221. The Morgan fingerprint density at radius 1 is 1.14 bits per heavy atom. The first-order chi connectivity index (χ1) is 10.2. The fourth-order valence-electron chi connectivity index (χ4n) is 2.28. The molecular weight excluding hydrogens is 284 g/mol. The molecule has 0 bridgehead atoms. The van der Waals surface area contributed by atoms with Crippen molar-refractivity contribution in [3.8, 4) is 17.3 Å². The Balaban J connectivity index is 2.49. The predicted octanol–water partition coefficient (Wildman–Crippen LogP) is 4.23. The van der Waals surface area contributed by atoms with E-state index in [1.165, 1.54) is 0 Å². The monoisotopic (exact) mass is 300 g/mol. The maximum atomic E-state index is 12.4. The van der Waals surface area contributed by atoms with Gasteiger partial charge in [0.1, 0.15) is 11.6 Å². The number of rotatable bonds is 5. The van der Waals surface area contributed by atoms with Crippen molar-refractivity contribution in [2.24, 2.45) is 0 Å². The van der Waals surface area contributed by atoms with E-state index >= 15 is 0 Å². The fraction of sp³-hybridized carbons (Fsp3) is 0.294. The summed E-state index contributed by atoms with van der Waals surface area (Å²) in [6.45, 7) is 2.74. The number of unbranched alkanes of at least 4 members (excludes halogenated alkanes) is 2. The van der Waals surface area contributed by atoms with Gasteiger partial charge in [0.25, 0.3) is 5.56 Å². The molecule has 0 spiro atoms. The highest BCUT2D eigenvalue weighted by Gasteiger charge is 2.10. The molecule has 0 unspecified atom stereocenters. The van der Waals surface area contributed by atoms with Gasteiger partial charge in [-0.2, -0.15) is 5.26 Å². The molecule has 2 rings (SSSR count). The van der Waals surface area contributed by atoms with Crippen LogP contribution in [0.5, 0.6) is 0 Å². The second-order valence-electron chi connectivity index (χ2n) is 4.91. The van der Waals surface area contributed by atoms with E-state index in [1.807, 2.05) is 24.3 Å². The van der Waals surface area contributed by atoms with Gasteiger partial charge in [-0.25, -0.2) is 0 Å². The number of halogens is 1. The van der Waals surface area contributed by atoms with E-state index in [4.69, 9.17) is 16.9 Å². The number of hydrogen-bond donors (Lipinski definition) is 0. The van der Waals surface area contributed by atoms with Crippen LogP contribution in [-0.4, -0.2) is 4.57 Å². The summed E-state index contributed by atoms with van der Waals surface area (Å²) in [5.74, 6) is 0. The van der Waals surface area contributed by atoms with Crippen LogP contribution >= 0.6 is 11.6 Å². The van der Waals surface area contributed by atoms with Crippen LogP contribution in [0.3, 0.4) is 0 Å². The number of hydrogen-bond acceptors (Lipinski definition) is 2. The summed E-state index contributed by atoms with van der Waals surface area (Å²) in [5.41, 5.74) is 1.72. The van der Waals surface area contributed by atoms with Crippen molar-refractivity contribution in [3.05, 3.63) is 57.3 Å². The van der Waals surface area contributed by atoms with Gasteiger partial charge in [0, 0.05) is 11.6 Å². The SMILES string of the molecule is CCCCCn1c(-c2ccc(Cl)cc2)ccc(C#N)c1=O. The molecular formula is C17H17ClN2O. The van der Waals surface area contributed by atoms with Gasteiger partial charge in [0.15, 0.2) is 0 Å². The summed E-state index contributed by atoms with van der Waals surface area (Å²) < 4.78 is 1.69. The van der Waals surface area contributed by atoms with Crippen LogP contribution < -0.4 is 5.56 Å². The smallest absolute Gasteiger partial charge is 0.268 e. The highest BCUT2D eigenvalue weighted by molar-refractivity contribution is 6.30. The van der Waals surface area contributed by atoms with E-state index in [0.29, 0.717) is 11.6 Å². The Morgan fingerprint density at radius 2 is 1.86 bits per heavy atom. The zero-order chi connectivity index (χ0) is 15.2. The molecule has 1 aromatic heterocycles. The first kappa shape index (κ1) is 15.3. The first-order valence-corrected chi connectivity index (χ1v) is 7.45. The molecule has 0 amide bonds. The van der Waals surface area contributed by atoms with Crippen molar-refractivity contribution in [1.29, 1.82) is 5.26 Å². The molecule has 0 radical (unpaired) electrons. The van der Waals surface area contributed by atoms with Crippen LogP contribution in [0.2, 0.25) is 5.02 Å². The second-order valence-corrected chi connectivity index (χ2v) is 5.35. The van der Waals surface area contributed by atoms with Crippen LogP contribution in [0, 0.1) is 11.3 Å². The quantitative estimate of drug-likeness (QED) is 0.776. The third-order valence-corrected chi connectivity index (χ3v) is 3.67. The molecule has 0 aliphatic carbocycles. The van der Waals surface area contributed by atoms with E-state index in [2.05, 4.69) is 6.92 Å². The lowest BCUT2D eigenvalue weighted by Gasteiger charge is -2.13. The highest BCUT2D eigenvalue weighted by Crippen LogP contribution is 2.21. The second kappa shape index (κ2) is 7.10. The topological polar surface area (TPSA) is 45.8 Å². The fourth-order valence-corrected chi connectivity index (χ4v) is 2.40. The summed E-state index contributed by atoms with van der Waals surface area (Å²) >= 11 is 5.91. The van der Waals surface area contributed by atoms with Crippen LogP contribution in [0.1, 0.15) is 31.7 Å². The number of aromatic nitrogens is 1. The van der Waals surface area contributed by atoms with Gasteiger partial charge in [0.05, 0.1) is 5.69 Å². The first-order valence-electron chi connectivity index (χ1n) is 7.07. The predicted molar refractivity (Wildman–Crippen MR) is 85.4 cm³/mol. The summed E-state index contributed by atoms with van der Waals surface area (Å²) in [5, 5.41) is 9.69. The van der Waals surface area contributed by atoms with E-state index < -0.39 is 0 Å². The number of nitrogens with zero attached hydrogens (tertiary/aromatic N) is 2. The highest BCUT2D eigenvalue weighted by atomic mass is 35.5. The van der Waals surface area contributed by atoms with E-state index in [0.717, 1.165) is 30.5 Å². The molecule has 0 N–H and O–H groups in total. The number of benzene rings is 1. The standard InChI is InChI=1S/C17H17ClN2O/c1-2-3-4-11-20-16(10-7-14(12-19)17(20)21)13-5-8-15(18)9-6-13/h5-10H,2-4,11H2,1H3. The van der Waals surface area contributed by atoms with Crippen LogP contribution in [-0.2, 0) is 6.54 Å². The molecule has 3 nitrogen and oxygen atoms in total. The van der Waals surface area contributed by atoms with Crippen molar-refractivity contribution in [2.45, 2.75) is 32.7 Å². The molecule has 0 aliphatic heterocycles. The van der Waals surface area contributed by atoms with Gasteiger partial charge in [-0.1, -0.05) is 43.5 Å². The van der Waals surface area contributed by atoms with Gasteiger partial charge < -0.3 is 4.57 Å². The Bertz CT molecular complexity index is 711. The largest absolute Gasteiger partial charge is 0.307 e. The normalized spacial score (nSPS) is 10.3. The van der Waals surface area contributed by atoms with Crippen LogP contribution in [0.25, 0.3) is 11.3 Å². The number of pyridine rings is 1. The van der Waals surface area contributed by atoms with Crippen molar-refractivity contribution in [2.75, 3.05) is 0 Å². The Hall–Kier alpha value is -2.05. The van der Waals surface area contributed by atoms with Crippen molar-refractivity contribution in [1.82, 2.24) is 4.57 Å². The molecule has 0 saturated heterocycles. The third kappa shape index (κ3) is 3.53. The average Bonchev–Trinajstić information content (AvgIpc) is 2.50. The van der Waals surface area contributed by atoms with Gasteiger partial charge in [0.2, 0.25) is 0 Å². The van der Waals surface area contributed by atoms with E-state index in [1.54, 1.807) is 22.8 Å². The Morgan fingerprint density at radius 3 is 2.48 bits per heavy atom. The Labute approximate surface area is 129 Å². The van der Waals surface area contributed by atoms with Gasteiger partial charge in [-0.3, -0.25) is 4.79 Å². The molecule has 21 heavy (non-hydrogen) atoms. The maximum Gasteiger partial charge on any atom is 0.268 e. The summed E-state index contributed by atoms with van der Waals surface area (Å²) in [6, 6.07) is 12.8. The minimum absolute atomic E-state index is 0.184. The molecule has 4 heteroatoms. The molecule has 1 aromatic carbocycles. The molecule has 0 fully saturated rings. The van der Waals surface area contributed by atoms with Gasteiger partial charge in [-0.15, -0.1) is 0 Å². The summed E-state index contributed by atoms with van der Waals surface area (Å²) in [4.78, 5) is 12.4. The lowest BCUT2D eigenvalue weighted by Crippen LogP contribution is -2.24. The van der Waals surface area contributed by atoms with E-state index in [-0.39, 0.29) is 11.1 Å². The lowest BCUT2D eigenvalue weighted by atomic mass is 10.1. The number of nitriles is 1. The lowest BCUT2D eigenvalue weighted by molar-refractivity contribution is 0.591. The zero-order valence-electron chi connectivity index (χ0n) is 12.0. The van der Waals surface area contributed by atoms with Gasteiger partial charge in [-0.05, 0) is 36.2 Å². The average molecular weight is 301 g/mol. The molecule has 108 valence electrons. The van der Waals surface area contributed by atoms with Crippen molar-refractivity contribution in [3.63, 3.8) is 0 Å². The molecule has 0 atom stereocenters. The summed E-state index contributed by atoms with van der Waals surface area (Å²) in [7, 11) is 0. The van der Waals surface area contributed by atoms with E-state index in [9.17, 15) is 4.79 Å². The molecule has 0 aliphatic rings.